The molecule has 0 aromatic heterocycles. The Labute approximate surface area is 166 Å². The van der Waals surface area contributed by atoms with Gasteiger partial charge in [-0.25, -0.2) is 4.79 Å². The molecule has 0 aromatic rings. The highest BCUT2D eigenvalue weighted by atomic mass is 16.7. The van der Waals surface area contributed by atoms with E-state index in [0.717, 1.165) is 19.3 Å². The zero-order valence-corrected chi connectivity index (χ0v) is 17.5. The third-order valence-electron chi connectivity index (χ3n) is 5.84. The Bertz CT molecular complexity index is 641. The topological polar surface area (TPSA) is 102 Å². The van der Waals surface area contributed by atoms with Crippen molar-refractivity contribution in [2.75, 3.05) is 6.54 Å². The summed E-state index contributed by atoms with van der Waals surface area (Å²) in [5.41, 5.74) is 0.888. The van der Waals surface area contributed by atoms with Gasteiger partial charge in [-0.05, 0) is 31.1 Å². The van der Waals surface area contributed by atoms with Crippen molar-refractivity contribution >= 4 is 18.0 Å². The first-order valence-corrected chi connectivity index (χ1v) is 10.1. The predicted molar refractivity (Wildman–Crippen MR) is 103 cm³/mol. The Kier molecular flexibility index (Phi) is 7.12. The molecular formula is C21H33NO6. The molecule has 1 fully saturated rings. The molecule has 0 unspecified atom stereocenters. The number of nitrogens with one attached hydrogen (secondary N) is 1. The number of amides is 1. The molecule has 0 heterocycles. The first-order valence-electron chi connectivity index (χ1n) is 10.1. The van der Waals surface area contributed by atoms with Crippen molar-refractivity contribution in [2.45, 2.75) is 66.6 Å². The van der Waals surface area contributed by atoms with Gasteiger partial charge in [0.2, 0.25) is 0 Å². The normalized spacial score (nSPS) is 26.9. The number of fused-ring (bicyclic) bond motifs is 1. The Balaban J connectivity index is 1.97. The van der Waals surface area contributed by atoms with Crippen LogP contribution in [0.15, 0.2) is 11.6 Å². The van der Waals surface area contributed by atoms with E-state index in [4.69, 9.17) is 9.47 Å². The summed E-state index contributed by atoms with van der Waals surface area (Å²) in [7, 11) is 0. The van der Waals surface area contributed by atoms with E-state index in [-0.39, 0.29) is 30.7 Å². The van der Waals surface area contributed by atoms with E-state index in [0.29, 0.717) is 5.92 Å². The Morgan fingerprint density at radius 3 is 2.46 bits per heavy atom. The fraction of sp³-hybridized carbons (Fsp3) is 0.762. The second-order valence-corrected chi connectivity index (χ2v) is 8.77. The second kappa shape index (κ2) is 8.97. The van der Waals surface area contributed by atoms with Crippen LogP contribution in [0.2, 0.25) is 0 Å². The van der Waals surface area contributed by atoms with Gasteiger partial charge in [0, 0.05) is 17.9 Å². The van der Waals surface area contributed by atoms with Crippen LogP contribution in [-0.2, 0) is 19.1 Å². The summed E-state index contributed by atoms with van der Waals surface area (Å²) in [6, 6.07) is 0. The minimum absolute atomic E-state index is 0.0118. The Morgan fingerprint density at radius 2 is 1.93 bits per heavy atom. The minimum Gasteiger partial charge on any atom is -0.481 e. The number of ether oxygens (including phenoxy) is 2. The molecule has 0 aliphatic heterocycles. The van der Waals surface area contributed by atoms with Gasteiger partial charge in [0.05, 0.1) is 12.3 Å². The summed E-state index contributed by atoms with van der Waals surface area (Å²) < 4.78 is 10.6. The lowest BCUT2D eigenvalue weighted by atomic mass is 9.53. The lowest BCUT2D eigenvalue weighted by Gasteiger charge is -2.51. The standard InChI is InChI=1S/C21H33NO6/c1-6-14-7-15-9-21(10-17(23)24,16(15)8-14)11-22-20(26)28-19(13(4)5)27-18(25)12(2)3/h8,12-13,15-16,19H,6-7,9-11H2,1-5H3,(H,22,26)(H,23,24)/t15-,16+,19-,21+/m1/s1. The highest BCUT2D eigenvalue weighted by molar-refractivity contribution is 5.72. The highest BCUT2D eigenvalue weighted by Gasteiger charge is 2.55. The quantitative estimate of drug-likeness (QED) is 0.350. The first kappa shape index (κ1) is 22.2. The number of alkyl carbamates (subject to hydrolysis) is 1. The van der Waals surface area contributed by atoms with Gasteiger partial charge in [0.15, 0.2) is 0 Å². The lowest BCUT2D eigenvalue weighted by molar-refractivity contribution is -0.179. The molecule has 0 spiro atoms. The second-order valence-electron chi connectivity index (χ2n) is 8.77. The van der Waals surface area contributed by atoms with Crippen molar-refractivity contribution in [3.05, 3.63) is 11.6 Å². The van der Waals surface area contributed by atoms with Crippen LogP contribution >= 0.6 is 0 Å². The third-order valence-corrected chi connectivity index (χ3v) is 5.84. The number of carboxylic acid groups (broad SMARTS) is 1. The van der Waals surface area contributed by atoms with Crippen LogP contribution in [0.5, 0.6) is 0 Å². The maximum Gasteiger partial charge on any atom is 0.410 e. The third kappa shape index (κ3) is 5.06. The maximum atomic E-state index is 12.3. The minimum atomic E-state index is -0.975. The lowest BCUT2D eigenvalue weighted by Crippen LogP contribution is -2.53. The molecule has 2 aliphatic rings. The molecule has 2 aliphatic carbocycles. The summed E-state index contributed by atoms with van der Waals surface area (Å²) in [4.78, 5) is 35.5. The van der Waals surface area contributed by atoms with E-state index in [1.807, 2.05) is 0 Å². The number of allylic oxidation sites excluding steroid dienone is 2. The predicted octanol–water partition coefficient (Wildman–Crippen LogP) is 3.73. The number of aliphatic carboxylic acids is 1. The van der Waals surface area contributed by atoms with Crippen molar-refractivity contribution in [2.24, 2.45) is 29.1 Å². The number of rotatable bonds is 9. The molecule has 28 heavy (non-hydrogen) atoms. The van der Waals surface area contributed by atoms with Gasteiger partial charge in [-0.1, -0.05) is 46.3 Å². The van der Waals surface area contributed by atoms with Crippen LogP contribution in [0.1, 0.15) is 60.3 Å². The first-order chi connectivity index (χ1) is 13.1. The SMILES string of the molecule is CCC1=C[C@H]2[C@H](C1)C[C@@]2(CNC(=O)O[C@@H](OC(=O)C(C)C)C(C)C)CC(=O)O. The van der Waals surface area contributed by atoms with Crippen LogP contribution in [0.3, 0.4) is 0 Å². The number of esters is 1. The number of hydrogen-bond acceptors (Lipinski definition) is 5. The highest BCUT2D eigenvalue weighted by Crippen LogP contribution is 2.59. The molecule has 2 rings (SSSR count). The van der Waals surface area contributed by atoms with Gasteiger partial charge in [0.1, 0.15) is 0 Å². The van der Waals surface area contributed by atoms with Crippen molar-refractivity contribution < 1.29 is 29.0 Å². The smallest absolute Gasteiger partial charge is 0.410 e. The molecule has 2 N–H and O–H groups in total. The largest absolute Gasteiger partial charge is 0.481 e. The van der Waals surface area contributed by atoms with Crippen LogP contribution in [0.4, 0.5) is 4.79 Å². The summed E-state index contributed by atoms with van der Waals surface area (Å²) in [5.74, 6) is -1.15. The van der Waals surface area contributed by atoms with Crippen molar-refractivity contribution in [1.29, 1.82) is 0 Å². The van der Waals surface area contributed by atoms with Crippen LogP contribution < -0.4 is 5.32 Å². The van der Waals surface area contributed by atoms with E-state index < -0.39 is 29.7 Å². The van der Waals surface area contributed by atoms with Crippen LogP contribution in [-0.4, -0.2) is 36.0 Å². The van der Waals surface area contributed by atoms with Gasteiger partial charge in [-0.3, -0.25) is 9.59 Å². The monoisotopic (exact) mass is 395 g/mol. The van der Waals surface area contributed by atoms with Gasteiger partial charge in [-0.15, -0.1) is 0 Å². The fourth-order valence-electron chi connectivity index (χ4n) is 4.24. The molecule has 7 heteroatoms. The van der Waals surface area contributed by atoms with Crippen molar-refractivity contribution in [3.8, 4) is 0 Å². The van der Waals surface area contributed by atoms with E-state index >= 15 is 0 Å². The van der Waals surface area contributed by atoms with Crippen LogP contribution in [0, 0.1) is 29.1 Å². The number of carbonyl (C=O) groups excluding carboxylic acids is 2. The molecule has 0 aromatic carbocycles. The summed E-state index contributed by atoms with van der Waals surface area (Å²) in [5, 5.41) is 12.1. The molecule has 0 bridgehead atoms. The molecule has 0 saturated heterocycles. The van der Waals surface area contributed by atoms with E-state index in [1.54, 1.807) is 27.7 Å². The zero-order valence-electron chi connectivity index (χ0n) is 17.5. The molecule has 0 radical (unpaired) electrons. The molecule has 1 saturated carbocycles. The van der Waals surface area contributed by atoms with Gasteiger partial charge < -0.3 is 19.9 Å². The van der Waals surface area contributed by atoms with Gasteiger partial charge >= 0.3 is 18.0 Å². The Hall–Kier alpha value is -2.05. The van der Waals surface area contributed by atoms with Crippen molar-refractivity contribution in [3.63, 3.8) is 0 Å². The molecule has 4 atom stereocenters. The molecule has 7 nitrogen and oxygen atoms in total. The van der Waals surface area contributed by atoms with Crippen LogP contribution in [0.25, 0.3) is 0 Å². The summed E-state index contributed by atoms with van der Waals surface area (Å²) in [6.45, 7) is 9.35. The average molecular weight is 395 g/mol. The zero-order chi connectivity index (χ0) is 21.1. The van der Waals surface area contributed by atoms with Crippen molar-refractivity contribution in [1.82, 2.24) is 5.32 Å². The molecule has 158 valence electrons. The number of hydrogen-bond donors (Lipinski definition) is 2. The maximum absolute atomic E-state index is 12.3. The Morgan fingerprint density at radius 1 is 1.25 bits per heavy atom. The van der Waals surface area contributed by atoms with E-state index in [2.05, 4.69) is 18.3 Å². The average Bonchev–Trinajstić information content (AvgIpc) is 2.95. The fourth-order valence-corrected chi connectivity index (χ4v) is 4.24. The number of carbonyl (C=O) groups is 3. The number of carboxylic acids is 1. The van der Waals surface area contributed by atoms with Gasteiger partial charge in [-0.2, -0.15) is 0 Å². The molecule has 1 amide bonds. The summed E-state index contributed by atoms with van der Waals surface area (Å²) >= 11 is 0. The van der Waals surface area contributed by atoms with E-state index in [1.165, 1.54) is 5.57 Å². The van der Waals surface area contributed by atoms with Gasteiger partial charge in [0.25, 0.3) is 6.29 Å². The molecular weight excluding hydrogens is 362 g/mol. The van der Waals surface area contributed by atoms with E-state index in [9.17, 15) is 19.5 Å². The summed E-state index contributed by atoms with van der Waals surface area (Å²) in [6.07, 6.45) is 3.32.